The van der Waals surface area contributed by atoms with Crippen LogP contribution in [-0.4, -0.2) is 25.6 Å². The lowest BCUT2D eigenvalue weighted by molar-refractivity contribution is -0.140. The summed E-state index contributed by atoms with van der Waals surface area (Å²) in [6.45, 7) is 3.31. The van der Waals surface area contributed by atoms with Gasteiger partial charge in [0.25, 0.3) is 0 Å². The summed E-state index contributed by atoms with van der Waals surface area (Å²) in [6.07, 6.45) is 0. The molecule has 66 valence electrons. The molecule has 0 bridgehead atoms. The van der Waals surface area contributed by atoms with Crippen LogP contribution in [0, 0.1) is 0 Å². The van der Waals surface area contributed by atoms with Crippen LogP contribution in [0.3, 0.4) is 0 Å². The van der Waals surface area contributed by atoms with Gasteiger partial charge in [-0.05, 0) is 13.8 Å². The molecule has 1 N–H and O–H groups in total. The molecule has 0 amide bonds. The van der Waals surface area contributed by atoms with Crippen LogP contribution in [0.5, 0.6) is 0 Å². The van der Waals surface area contributed by atoms with E-state index in [2.05, 4.69) is 38.3 Å². The van der Waals surface area contributed by atoms with Crippen LogP contribution in [0.2, 0.25) is 0 Å². The maximum absolute atomic E-state index is 10.6. The van der Waals surface area contributed by atoms with E-state index in [-0.39, 0.29) is 0 Å². The Hall–Kier alpha value is 0.480. The van der Waals surface area contributed by atoms with E-state index in [9.17, 15) is 4.79 Å². The first kappa shape index (κ1) is 11.5. The molecular weight excluding hydrogens is 202 g/mol. The zero-order valence-electron chi connectivity index (χ0n) is 6.14. The molecule has 3 nitrogen and oxygen atoms in total. The Kier molecular flexibility index (Phi) is 4.10. The molecule has 0 unspecified atom stereocenters. The highest BCUT2D eigenvalue weighted by Crippen LogP contribution is 2.21. The average molecular weight is 211 g/mol. The first-order valence-corrected chi connectivity index (χ1v) is 4.03. The van der Waals surface area contributed by atoms with Crippen LogP contribution in [0.15, 0.2) is 0 Å². The van der Waals surface area contributed by atoms with Crippen molar-refractivity contribution in [1.29, 1.82) is 0 Å². The fourth-order valence-corrected chi connectivity index (χ4v) is 1.74. The van der Waals surface area contributed by atoms with Gasteiger partial charge in [0.05, 0.1) is 6.04 Å². The molecule has 0 radical (unpaired) electrons. The molecule has 0 aromatic carbocycles. The second-order valence-electron chi connectivity index (χ2n) is 2.68. The zero-order valence-corrected chi connectivity index (χ0v) is 8.67. The fraction of sp³-hybridized carbons (Fsp3) is 0.800. The van der Waals surface area contributed by atoms with Crippen molar-refractivity contribution in [1.82, 2.24) is 3.71 Å². The van der Waals surface area contributed by atoms with Crippen LogP contribution in [0.1, 0.15) is 13.8 Å². The highest BCUT2D eigenvalue weighted by molar-refractivity contribution is 7.82. The van der Waals surface area contributed by atoms with Crippen LogP contribution in [0.4, 0.5) is 0 Å². The van der Waals surface area contributed by atoms with Crippen molar-refractivity contribution in [3.63, 3.8) is 0 Å². The van der Waals surface area contributed by atoms with Gasteiger partial charge in [-0.2, -0.15) is 12.6 Å². The summed E-state index contributed by atoms with van der Waals surface area (Å²) in [5.41, 5.74) is 0. The zero-order chi connectivity index (χ0) is 9.23. The van der Waals surface area contributed by atoms with Crippen molar-refractivity contribution in [3.8, 4) is 0 Å². The molecule has 1 atom stereocenters. The number of hydrogen-bond acceptors (Lipinski definition) is 5. The van der Waals surface area contributed by atoms with E-state index in [0.717, 1.165) is 3.71 Å². The predicted molar refractivity (Wildman–Crippen MR) is 51.1 cm³/mol. The third-order valence-corrected chi connectivity index (χ3v) is 1.78. The van der Waals surface area contributed by atoms with E-state index >= 15 is 0 Å². The highest BCUT2D eigenvalue weighted by atomic mass is 32.2. The summed E-state index contributed by atoms with van der Waals surface area (Å²) in [5, 5.41) is 8.66. The molecule has 0 rings (SSSR count). The number of thiol groups is 1. The third kappa shape index (κ3) is 3.59. The van der Waals surface area contributed by atoms with Crippen LogP contribution in [0.25, 0.3) is 0 Å². The molecule has 0 aliphatic heterocycles. The molecular formula is C5H9NO2S3-2. The van der Waals surface area contributed by atoms with E-state index in [1.165, 1.54) is 0 Å². The lowest BCUT2D eigenvalue weighted by atomic mass is 10.1. The summed E-state index contributed by atoms with van der Waals surface area (Å²) >= 11 is 13.2. The predicted octanol–water partition coefficient (Wildman–Crippen LogP) is 0.374. The number of carbonyl (C=O) groups is 1. The van der Waals surface area contributed by atoms with Crippen molar-refractivity contribution in [2.75, 3.05) is 0 Å². The van der Waals surface area contributed by atoms with Gasteiger partial charge < -0.3 is 34.4 Å². The van der Waals surface area contributed by atoms with Crippen LogP contribution < -0.4 is 0 Å². The van der Waals surface area contributed by atoms with Gasteiger partial charge in [-0.15, -0.1) is 0 Å². The quantitative estimate of drug-likeness (QED) is 0.521. The standard InChI is InChI=1S/C5H9NO2S3/c1-5(2,9)3(4(7)8)6(10)11/h3,9H,1-2H3,(H,7,8)/q-2/t3-/m0/s1. The molecule has 0 saturated carbocycles. The van der Waals surface area contributed by atoms with Gasteiger partial charge in [0.1, 0.15) is 0 Å². The molecule has 0 aliphatic carbocycles. The summed E-state index contributed by atoms with van der Waals surface area (Å²) in [5.74, 6) is -1.05. The number of aliphatic carboxylic acids is 1. The summed E-state index contributed by atoms with van der Waals surface area (Å²) in [4.78, 5) is 10.6. The maximum atomic E-state index is 10.6. The minimum Gasteiger partial charge on any atom is -0.730 e. The molecule has 6 heteroatoms. The molecule has 0 spiro atoms. The van der Waals surface area contributed by atoms with Crippen molar-refractivity contribution in [2.24, 2.45) is 0 Å². The Bertz CT molecular complexity index is 154. The van der Waals surface area contributed by atoms with Gasteiger partial charge in [0.15, 0.2) is 0 Å². The van der Waals surface area contributed by atoms with Crippen LogP contribution in [-0.2, 0) is 30.4 Å². The van der Waals surface area contributed by atoms with Gasteiger partial charge in [-0.25, -0.2) is 0 Å². The number of carboxylic acids is 1. The lowest BCUT2D eigenvalue weighted by Crippen LogP contribution is -2.46. The normalized spacial score (nSPS) is 15.1. The van der Waals surface area contributed by atoms with Gasteiger partial charge in [-0.1, -0.05) is 0 Å². The smallest absolute Gasteiger partial charge is 0.318 e. The van der Waals surface area contributed by atoms with E-state index in [1.807, 2.05) is 0 Å². The van der Waals surface area contributed by atoms with Crippen molar-refractivity contribution < 1.29 is 9.90 Å². The molecule has 0 aromatic heterocycles. The van der Waals surface area contributed by atoms with E-state index in [4.69, 9.17) is 5.11 Å². The lowest BCUT2D eigenvalue weighted by Gasteiger charge is -2.48. The number of rotatable bonds is 3. The Morgan fingerprint density at radius 1 is 1.64 bits per heavy atom. The molecule has 0 heterocycles. The van der Waals surface area contributed by atoms with Gasteiger partial charge in [0, 0.05) is 4.75 Å². The monoisotopic (exact) mass is 211 g/mol. The number of hydrogen-bond donors (Lipinski definition) is 2. The van der Waals surface area contributed by atoms with Gasteiger partial charge in [0.2, 0.25) is 0 Å². The molecule has 0 fully saturated rings. The number of nitrogens with zero attached hydrogens (tertiary/aromatic N) is 1. The third-order valence-electron chi connectivity index (χ3n) is 1.11. The van der Waals surface area contributed by atoms with E-state index < -0.39 is 16.8 Å². The van der Waals surface area contributed by atoms with E-state index in [0.29, 0.717) is 0 Å². The Balaban J connectivity index is 4.49. The Morgan fingerprint density at radius 3 is 2.00 bits per heavy atom. The van der Waals surface area contributed by atoms with Gasteiger partial charge >= 0.3 is 5.97 Å². The minimum absolute atomic E-state index is 0.727. The van der Waals surface area contributed by atoms with Crippen molar-refractivity contribution >= 4 is 44.2 Å². The summed E-state index contributed by atoms with van der Waals surface area (Å²) in [7, 11) is 0. The first-order valence-electron chi connectivity index (χ1n) is 2.85. The SMILES string of the molecule is CC(C)(S)[C@H](C(=O)O)N([S-])[S-]. The van der Waals surface area contributed by atoms with Crippen molar-refractivity contribution in [3.05, 3.63) is 0 Å². The summed E-state index contributed by atoms with van der Waals surface area (Å²) in [6, 6.07) is -0.921. The molecule has 0 aromatic rings. The maximum Gasteiger partial charge on any atom is 0.318 e. The largest absolute Gasteiger partial charge is 0.730 e. The Labute approximate surface area is 82.7 Å². The highest BCUT2D eigenvalue weighted by Gasteiger charge is 2.28. The van der Waals surface area contributed by atoms with E-state index in [1.54, 1.807) is 13.8 Å². The second kappa shape index (κ2) is 3.93. The Morgan fingerprint density at radius 2 is 2.00 bits per heavy atom. The second-order valence-corrected chi connectivity index (χ2v) is 4.85. The minimum atomic E-state index is -1.05. The number of carboxylic acid groups (broad SMARTS) is 1. The molecule has 11 heavy (non-hydrogen) atoms. The van der Waals surface area contributed by atoms with Crippen molar-refractivity contribution in [2.45, 2.75) is 24.6 Å². The molecule has 0 saturated heterocycles. The van der Waals surface area contributed by atoms with Gasteiger partial charge in [-0.3, -0.25) is 4.79 Å². The average Bonchev–Trinajstić information content (AvgIpc) is 1.54. The molecule has 0 aliphatic rings. The fourth-order valence-electron chi connectivity index (χ4n) is 0.650. The summed E-state index contributed by atoms with van der Waals surface area (Å²) < 4.78 is 0.0880. The first-order chi connectivity index (χ1) is 4.76. The topological polar surface area (TPSA) is 40.5 Å². The van der Waals surface area contributed by atoms with Crippen LogP contribution >= 0.6 is 12.6 Å².